The third kappa shape index (κ3) is 4.18. The number of aromatic nitrogens is 2. The van der Waals surface area contributed by atoms with E-state index in [4.69, 9.17) is 9.47 Å². The Hall–Kier alpha value is -3.39. The summed E-state index contributed by atoms with van der Waals surface area (Å²) in [4.78, 5) is 10.9. The highest BCUT2D eigenvalue weighted by molar-refractivity contribution is 5.77. The second-order valence-electron chi connectivity index (χ2n) is 8.59. The lowest BCUT2D eigenvalue weighted by Gasteiger charge is -2.35. The van der Waals surface area contributed by atoms with E-state index in [0.29, 0.717) is 29.6 Å². The summed E-state index contributed by atoms with van der Waals surface area (Å²) in [5.41, 5.74) is 5.18. The van der Waals surface area contributed by atoms with E-state index in [-0.39, 0.29) is 11.7 Å². The lowest BCUT2D eigenvalue weighted by molar-refractivity contribution is 0.282. The molecule has 2 aliphatic heterocycles. The maximum Gasteiger partial charge on any atom is 0.227 e. The Morgan fingerprint density at radius 1 is 1.21 bits per heavy atom. The predicted molar refractivity (Wildman–Crippen MR) is 127 cm³/mol. The molecule has 0 unspecified atom stereocenters. The normalized spacial score (nSPS) is 15.0. The average molecular weight is 450 g/mol. The summed E-state index contributed by atoms with van der Waals surface area (Å²) in [6, 6.07) is 10.2. The minimum atomic E-state index is -0.494. The Morgan fingerprint density at radius 3 is 2.91 bits per heavy atom. The molecule has 0 saturated heterocycles. The van der Waals surface area contributed by atoms with Crippen molar-refractivity contribution < 1.29 is 13.9 Å². The van der Waals surface area contributed by atoms with E-state index in [2.05, 4.69) is 51.5 Å². The number of fused-ring (bicyclic) bond motifs is 2. The molecule has 8 heteroatoms. The highest BCUT2D eigenvalue weighted by Crippen LogP contribution is 2.44. The molecule has 3 aromatic rings. The number of methoxy groups -OCH3 is 1. The number of hydrogen-bond acceptors (Lipinski definition) is 7. The summed E-state index contributed by atoms with van der Waals surface area (Å²) in [5.74, 6) is 1.09. The number of halogens is 1. The van der Waals surface area contributed by atoms with Crippen molar-refractivity contribution in [2.75, 3.05) is 37.0 Å². The first kappa shape index (κ1) is 21.5. The second-order valence-corrected chi connectivity index (χ2v) is 8.59. The van der Waals surface area contributed by atoms with E-state index in [1.165, 1.54) is 17.3 Å². The fraction of sp³-hybridized carbons (Fsp3) is 0.360. The van der Waals surface area contributed by atoms with Crippen LogP contribution in [0.5, 0.6) is 11.5 Å². The van der Waals surface area contributed by atoms with E-state index >= 15 is 0 Å². The zero-order valence-electron chi connectivity index (χ0n) is 19.1. The highest BCUT2D eigenvalue weighted by atomic mass is 19.1. The third-order valence-electron chi connectivity index (χ3n) is 6.13. The van der Waals surface area contributed by atoms with Crippen molar-refractivity contribution in [1.29, 1.82) is 0 Å². The van der Waals surface area contributed by atoms with Crippen LogP contribution in [0, 0.1) is 5.82 Å². The predicted octanol–water partition coefficient (Wildman–Crippen LogP) is 4.29. The van der Waals surface area contributed by atoms with Gasteiger partial charge in [-0.25, -0.2) is 14.4 Å². The molecule has 0 radical (unpaired) electrons. The van der Waals surface area contributed by atoms with Crippen LogP contribution in [0.25, 0.3) is 11.3 Å². The number of hydrogen-bond donors (Lipinski definition) is 2. The Labute approximate surface area is 193 Å². The van der Waals surface area contributed by atoms with Crippen LogP contribution in [0.3, 0.4) is 0 Å². The molecule has 2 N–H and O–H groups in total. The zero-order chi connectivity index (χ0) is 22.9. The lowest BCUT2D eigenvalue weighted by Crippen LogP contribution is -2.38. The topological polar surface area (TPSA) is 71.5 Å². The van der Waals surface area contributed by atoms with E-state index in [9.17, 15) is 4.39 Å². The fourth-order valence-electron chi connectivity index (χ4n) is 4.45. The van der Waals surface area contributed by atoms with Gasteiger partial charge in [-0.3, -0.25) is 0 Å². The van der Waals surface area contributed by atoms with Crippen LogP contribution in [0.15, 0.2) is 36.5 Å². The van der Waals surface area contributed by atoms with Crippen molar-refractivity contribution in [1.82, 2.24) is 15.3 Å². The van der Waals surface area contributed by atoms with Gasteiger partial charge in [-0.15, -0.1) is 0 Å². The Kier molecular flexibility index (Phi) is 5.76. The van der Waals surface area contributed by atoms with Gasteiger partial charge in [0.15, 0.2) is 17.3 Å². The summed E-state index contributed by atoms with van der Waals surface area (Å²) in [5, 5.41) is 6.61. The van der Waals surface area contributed by atoms with Crippen molar-refractivity contribution in [3.63, 3.8) is 0 Å². The maximum absolute atomic E-state index is 14.9. The minimum absolute atomic E-state index is 0.213. The molecule has 7 nitrogen and oxygen atoms in total. The Morgan fingerprint density at radius 2 is 2.09 bits per heavy atom. The summed E-state index contributed by atoms with van der Waals surface area (Å²) >= 11 is 0. The van der Waals surface area contributed by atoms with Crippen LogP contribution in [0.1, 0.15) is 25.0 Å². The molecule has 1 aromatic heterocycles. The van der Waals surface area contributed by atoms with Gasteiger partial charge in [0, 0.05) is 23.8 Å². The number of nitrogens with zero attached hydrogens (tertiary/aromatic N) is 3. The molecule has 0 fully saturated rings. The first-order valence-electron chi connectivity index (χ1n) is 11.3. The minimum Gasteiger partial charge on any atom is -0.493 e. The molecule has 3 heterocycles. The Bertz CT molecular complexity index is 1180. The van der Waals surface area contributed by atoms with E-state index in [1.807, 2.05) is 12.1 Å². The molecule has 0 spiro atoms. The first-order chi connectivity index (χ1) is 16.0. The molecular formula is C25H28FN5O2. The zero-order valence-corrected chi connectivity index (χ0v) is 19.1. The number of ether oxygens (including phenoxy) is 2. The van der Waals surface area contributed by atoms with Gasteiger partial charge in [0.05, 0.1) is 25.5 Å². The molecule has 33 heavy (non-hydrogen) atoms. The van der Waals surface area contributed by atoms with Gasteiger partial charge < -0.3 is 25.0 Å². The molecule has 0 aliphatic carbocycles. The number of rotatable bonds is 5. The van der Waals surface area contributed by atoms with Crippen molar-refractivity contribution >= 4 is 17.3 Å². The van der Waals surface area contributed by atoms with Gasteiger partial charge in [0.1, 0.15) is 12.3 Å². The van der Waals surface area contributed by atoms with E-state index < -0.39 is 5.82 Å². The largest absolute Gasteiger partial charge is 0.493 e. The molecule has 2 aromatic carbocycles. The van der Waals surface area contributed by atoms with Crippen LogP contribution in [-0.4, -0.2) is 42.8 Å². The molecule has 2 aliphatic rings. The highest BCUT2D eigenvalue weighted by Gasteiger charge is 2.26. The van der Waals surface area contributed by atoms with Crippen LogP contribution in [0.2, 0.25) is 0 Å². The summed E-state index contributed by atoms with van der Waals surface area (Å²) in [6.45, 7) is 7.42. The van der Waals surface area contributed by atoms with Crippen molar-refractivity contribution in [3.8, 4) is 22.8 Å². The number of nitrogens with one attached hydrogen (secondary N) is 2. The summed E-state index contributed by atoms with van der Waals surface area (Å²) in [6.07, 6.45) is 2.18. The monoisotopic (exact) mass is 449 g/mol. The van der Waals surface area contributed by atoms with E-state index in [1.54, 1.807) is 13.2 Å². The van der Waals surface area contributed by atoms with Crippen LogP contribution in [-0.2, 0) is 13.0 Å². The average Bonchev–Trinajstić information content (AvgIpc) is 2.84. The molecule has 0 amide bonds. The summed E-state index contributed by atoms with van der Waals surface area (Å²) < 4.78 is 26.4. The quantitative estimate of drug-likeness (QED) is 0.602. The molecule has 172 valence electrons. The van der Waals surface area contributed by atoms with Crippen LogP contribution in [0.4, 0.5) is 21.7 Å². The van der Waals surface area contributed by atoms with Crippen LogP contribution < -0.4 is 25.0 Å². The molecule has 5 rings (SSSR count). The smallest absolute Gasteiger partial charge is 0.227 e. The van der Waals surface area contributed by atoms with Crippen molar-refractivity contribution in [3.05, 3.63) is 53.5 Å². The summed E-state index contributed by atoms with van der Waals surface area (Å²) in [7, 11) is 1.59. The third-order valence-corrected chi connectivity index (χ3v) is 6.13. The second kappa shape index (κ2) is 8.86. The number of benzene rings is 2. The standard InChI is InChI=1S/C25H28FN5O2/c1-15(2)31-8-9-33-24-21(31)11-18(12-22(24)32-3)23-20(26)14-28-25(30-23)29-19-5-4-17-13-27-7-6-16(17)10-19/h4-5,10-12,14-15,27H,6-9,13H2,1-3H3,(H,28,29,30). The fourth-order valence-corrected chi connectivity index (χ4v) is 4.45. The first-order valence-corrected chi connectivity index (χ1v) is 11.3. The maximum atomic E-state index is 14.9. The van der Waals surface area contributed by atoms with Gasteiger partial charge in [0.25, 0.3) is 0 Å². The van der Waals surface area contributed by atoms with Gasteiger partial charge in [-0.2, -0.15) is 0 Å². The molecule has 0 atom stereocenters. The van der Waals surface area contributed by atoms with Crippen LogP contribution >= 0.6 is 0 Å². The molecule has 0 bridgehead atoms. The molecule has 0 saturated carbocycles. The lowest BCUT2D eigenvalue weighted by atomic mass is 10.0. The van der Waals surface area contributed by atoms with Crippen molar-refractivity contribution in [2.45, 2.75) is 32.9 Å². The Balaban J connectivity index is 1.51. The number of anilines is 3. The van der Waals surface area contributed by atoms with Crippen molar-refractivity contribution in [2.24, 2.45) is 0 Å². The van der Waals surface area contributed by atoms with Gasteiger partial charge in [-0.1, -0.05) is 6.07 Å². The van der Waals surface area contributed by atoms with Gasteiger partial charge in [0.2, 0.25) is 5.95 Å². The molecular weight excluding hydrogens is 421 g/mol. The SMILES string of the molecule is COc1cc(-c2nc(Nc3ccc4c(c3)CCNC4)ncc2F)cc2c1OCCN2C(C)C. The van der Waals surface area contributed by atoms with E-state index in [0.717, 1.165) is 37.4 Å². The van der Waals surface area contributed by atoms with Gasteiger partial charge >= 0.3 is 0 Å². The van der Waals surface area contributed by atoms with Gasteiger partial charge in [-0.05, 0) is 62.2 Å².